The van der Waals surface area contributed by atoms with Crippen LogP contribution in [0, 0.1) is 0 Å². The normalized spacial score (nSPS) is 11.4. The van der Waals surface area contributed by atoms with Crippen LogP contribution in [0.25, 0.3) is 89.4 Å². The third-order valence-electron chi connectivity index (χ3n) is 8.45. The molecule has 0 aliphatic rings. The molecule has 9 rings (SSSR count). The van der Waals surface area contributed by atoms with Crippen molar-refractivity contribution in [2.45, 2.75) is 0 Å². The summed E-state index contributed by atoms with van der Waals surface area (Å²) in [7, 11) is 0. The van der Waals surface area contributed by atoms with Crippen molar-refractivity contribution in [3.63, 3.8) is 0 Å². The number of fused-ring (bicyclic) bond motifs is 4. The predicted octanol–water partition coefficient (Wildman–Crippen LogP) is 10.0. The molecule has 220 valence electrons. The molecule has 0 fully saturated rings. The fraction of sp³-hybridized carbons (Fsp3) is 0. The van der Waals surface area contributed by atoms with Crippen LogP contribution in [0.5, 0.6) is 0 Å². The van der Waals surface area contributed by atoms with Gasteiger partial charge < -0.3 is 4.42 Å². The maximum atomic E-state index is 6.34. The van der Waals surface area contributed by atoms with Crippen LogP contribution in [-0.4, -0.2) is 24.9 Å². The molecule has 0 saturated heterocycles. The number of aromatic nitrogens is 5. The van der Waals surface area contributed by atoms with Crippen LogP contribution < -0.4 is 0 Å². The fourth-order valence-electron chi connectivity index (χ4n) is 6.23. The molecule has 47 heavy (non-hydrogen) atoms. The first-order valence-electron chi connectivity index (χ1n) is 15.4. The molecule has 0 saturated carbocycles. The Morgan fingerprint density at radius 1 is 0.404 bits per heavy atom. The quantitative estimate of drug-likeness (QED) is 0.195. The van der Waals surface area contributed by atoms with Gasteiger partial charge in [-0.2, -0.15) is 0 Å². The van der Waals surface area contributed by atoms with Crippen molar-refractivity contribution in [3.05, 3.63) is 152 Å². The van der Waals surface area contributed by atoms with Gasteiger partial charge in [0.1, 0.15) is 11.3 Å². The van der Waals surface area contributed by atoms with Crippen LogP contribution in [0.3, 0.4) is 0 Å². The van der Waals surface area contributed by atoms with Crippen molar-refractivity contribution >= 4 is 32.8 Å². The Balaban J connectivity index is 1.19. The van der Waals surface area contributed by atoms with Gasteiger partial charge in [0, 0.05) is 50.8 Å². The van der Waals surface area contributed by atoms with Crippen LogP contribution in [-0.2, 0) is 0 Å². The van der Waals surface area contributed by atoms with E-state index in [1.54, 1.807) is 0 Å². The zero-order valence-electron chi connectivity index (χ0n) is 25.1. The Hall–Kier alpha value is -6.53. The van der Waals surface area contributed by atoms with Gasteiger partial charge in [0.25, 0.3) is 0 Å². The Bertz CT molecular complexity index is 2520. The van der Waals surface area contributed by atoms with Crippen molar-refractivity contribution in [3.8, 4) is 56.5 Å². The third-order valence-corrected chi connectivity index (χ3v) is 8.45. The van der Waals surface area contributed by atoms with Crippen molar-refractivity contribution in [1.29, 1.82) is 0 Å². The lowest BCUT2D eigenvalue weighted by molar-refractivity contribution is 0.668. The zero-order valence-corrected chi connectivity index (χ0v) is 25.1. The molecule has 0 aliphatic heterocycles. The van der Waals surface area contributed by atoms with E-state index in [2.05, 4.69) is 42.5 Å². The SMILES string of the molecule is c1ccc(-c2nc(-c3ccccc3)nc(-c3cccc(-c4ccnc5c(-c6nccc7c6oc6ccccc67)cccc45)c3)n2)cc1. The Labute approximate surface area is 270 Å². The largest absolute Gasteiger partial charge is 0.454 e. The summed E-state index contributed by atoms with van der Waals surface area (Å²) in [4.78, 5) is 24.4. The Morgan fingerprint density at radius 2 is 1.00 bits per heavy atom. The third kappa shape index (κ3) is 4.71. The molecule has 4 aromatic heterocycles. The van der Waals surface area contributed by atoms with Crippen molar-refractivity contribution in [2.75, 3.05) is 0 Å². The number of pyridine rings is 2. The van der Waals surface area contributed by atoms with Crippen molar-refractivity contribution in [2.24, 2.45) is 0 Å². The summed E-state index contributed by atoms with van der Waals surface area (Å²) < 4.78 is 6.34. The second-order valence-corrected chi connectivity index (χ2v) is 11.3. The van der Waals surface area contributed by atoms with Gasteiger partial charge >= 0.3 is 0 Å². The highest BCUT2D eigenvalue weighted by molar-refractivity contribution is 6.11. The van der Waals surface area contributed by atoms with E-state index in [1.807, 2.05) is 109 Å². The average molecular weight is 604 g/mol. The van der Waals surface area contributed by atoms with Gasteiger partial charge in [-0.25, -0.2) is 15.0 Å². The molecular formula is C41H25N5O. The van der Waals surface area contributed by atoms with Gasteiger partial charge in [-0.1, -0.05) is 115 Å². The maximum Gasteiger partial charge on any atom is 0.164 e. The number of nitrogens with zero attached hydrogens (tertiary/aromatic N) is 5. The smallest absolute Gasteiger partial charge is 0.164 e. The average Bonchev–Trinajstić information content (AvgIpc) is 3.54. The molecule has 0 spiro atoms. The molecule has 0 N–H and O–H groups in total. The van der Waals surface area contributed by atoms with Crippen LogP contribution in [0.1, 0.15) is 0 Å². The molecule has 5 aromatic carbocycles. The molecule has 0 amide bonds. The predicted molar refractivity (Wildman–Crippen MR) is 187 cm³/mol. The number of benzene rings is 5. The lowest BCUT2D eigenvalue weighted by Gasteiger charge is -2.12. The van der Waals surface area contributed by atoms with E-state index in [0.717, 1.165) is 71.9 Å². The summed E-state index contributed by atoms with van der Waals surface area (Å²) in [5.74, 6) is 1.87. The first kappa shape index (κ1) is 26.8. The lowest BCUT2D eigenvalue weighted by atomic mass is 9.96. The van der Waals surface area contributed by atoms with Crippen LogP contribution >= 0.6 is 0 Å². The number of furan rings is 1. The first-order valence-corrected chi connectivity index (χ1v) is 15.4. The molecule has 0 radical (unpaired) electrons. The molecule has 6 heteroatoms. The van der Waals surface area contributed by atoms with E-state index in [4.69, 9.17) is 29.3 Å². The number of hydrogen-bond donors (Lipinski definition) is 0. The van der Waals surface area contributed by atoms with E-state index in [1.165, 1.54) is 0 Å². The lowest BCUT2D eigenvalue weighted by Crippen LogP contribution is -2.00. The van der Waals surface area contributed by atoms with Gasteiger partial charge in [-0.3, -0.25) is 9.97 Å². The highest BCUT2D eigenvalue weighted by atomic mass is 16.3. The molecule has 6 nitrogen and oxygen atoms in total. The van der Waals surface area contributed by atoms with E-state index >= 15 is 0 Å². The van der Waals surface area contributed by atoms with E-state index in [9.17, 15) is 0 Å². The first-order chi connectivity index (χ1) is 23.3. The standard InChI is InChI=1S/C41H25N5O/c1-3-11-26(12-4-1)39-44-40(27-13-5-2-6-14-27)46-41(45-39)29-16-9-15-28(25-29)30-21-23-42-36-32(30)18-10-19-34(36)37-38-33(22-24-43-37)31-17-7-8-20-35(31)47-38/h1-25H. The van der Waals surface area contributed by atoms with Crippen molar-refractivity contribution < 1.29 is 4.42 Å². The second kappa shape index (κ2) is 11.1. The van der Waals surface area contributed by atoms with Crippen LogP contribution in [0.2, 0.25) is 0 Å². The summed E-state index contributed by atoms with van der Waals surface area (Å²) in [6, 6.07) is 46.7. The Kier molecular flexibility index (Phi) is 6.35. The van der Waals surface area contributed by atoms with Gasteiger partial charge in [-0.15, -0.1) is 0 Å². The summed E-state index contributed by atoms with van der Waals surface area (Å²) in [6.07, 6.45) is 3.70. The van der Waals surface area contributed by atoms with Gasteiger partial charge in [0.15, 0.2) is 23.1 Å². The highest BCUT2D eigenvalue weighted by Crippen LogP contribution is 2.39. The summed E-state index contributed by atoms with van der Waals surface area (Å²) >= 11 is 0. The van der Waals surface area contributed by atoms with Gasteiger partial charge in [0.05, 0.1) is 5.52 Å². The molecule has 0 atom stereocenters. The van der Waals surface area contributed by atoms with Crippen LogP contribution in [0.15, 0.2) is 156 Å². The van der Waals surface area contributed by atoms with E-state index in [-0.39, 0.29) is 0 Å². The number of para-hydroxylation sites is 2. The topological polar surface area (TPSA) is 77.6 Å². The molecule has 0 unspecified atom stereocenters. The summed E-state index contributed by atoms with van der Waals surface area (Å²) in [5, 5.41) is 3.12. The monoisotopic (exact) mass is 603 g/mol. The fourth-order valence-corrected chi connectivity index (χ4v) is 6.23. The molecule has 0 bridgehead atoms. The second-order valence-electron chi connectivity index (χ2n) is 11.3. The zero-order chi connectivity index (χ0) is 31.2. The summed E-state index contributed by atoms with van der Waals surface area (Å²) in [5.41, 5.74) is 9.00. The maximum absolute atomic E-state index is 6.34. The molecule has 0 aliphatic carbocycles. The van der Waals surface area contributed by atoms with E-state index < -0.39 is 0 Å². The molecule has 4 heterocycles. The minimum atomic E-state index is 0.611. The van der Waals surface area contributed by atoms with Gasteiger partial charge in [0.2, 0.25) is 0 Å². The number of rotatable bonds is 5. The molecule has 9 aromatic rings. The minimum Gasteiger partial charge on any atom is -0.454 e. The van der Waals surface area contributed by atoms with Gasteiger partial charge in [-0.05, 0) is 35.4 Å². The molecular weight excluding hydrogens is 578 g/mol. The Morgan fingerprint density at radius 3 is 1.77 bits per heavy atom. The van der Waals surface area contributed by atoms with Crippen LogP contribution in [0.4, 0.5) is 0 Å². The number of hydrogen-bond acceptors (Lipinski definition) is 6. The van der Waals surface area contributed by atoms with E-state index in [0.29, 0.717) is 17.5 Å². The highest BCUT2D eigenvalue weighted by Gasteiger charge is 2.18. The minimum absolute atomic E-state index is 0.611. The van der Waals surface area contributed by atoms with Crippen molar-refractivity contribution in [1.82, 2.24) is 24.9 Å². The summed E-state index contributed by atoms with van der Waals surface area (Å²) in [6.45, 7) is 0.